The fourth-order valence-electron chi connectivity index (χ4n) is 2.07. The van der Waals surface area contributed by atoms with Crippen LogP contribution in [0, 0.1) is 10.6 Å². The monoisotopic (exact) mass is 329 g/mol. The number of nitrogens with one attached hydrogen (secondary N) is 2. The molecular formula is C14H17ClFN3OS. The zero-order valence-electron chi connectivity index (χ0n) is 12.1. The molecule has 4 nitrogen and oxygen atoms in total. The van der Waals surface area contributed by atoms with Gasteiger partial charge in [0, 0.05) is 24.6 Å². The number of hydrogen-bond acceptors (Lipinski definition) is 2. The molecule has 21 heavy (non-hydrogen) atoms. The number of hydrogen-bond donors (Lipinski definition) is 2. The first kappa shape index (κ1) is 16.0. The molecule has 1 aromatic heterocycles. The van der Waals surface area contributed by atoms with Crippen molar-refractivity contribution in [2.45, 2.75) is 39.3 Å². The van der Waals surface area contributed by atoms with E-state index in [1.807, 2.05) is 20.8 Å². The van der Waals surface area contributed by atoms with Gasteiger partial charge in [-0.3, -0.25) is 4.79 Å². The molecule has 0 unspecified atom stereocenters. The molecule has 0 radical (unpaired) electrons. The standard InChI is InChI=1S/C14H17ClFN3OS/c1-14(2,3)18-12(20)4-5-19-11-7-9(16)8(15)6-10(11)17-13(19)21/h6-7H,4-5H2,1-3H3,(H,17,21)(H,18,20). The Morgan fingerprint density at radius 1 is 1.48 bits per heavy atom. The molecule has 2 aromatic rings. The smallest absolute Gasteiger partial charge is 0.222 e. The van der Waals surface area contributed by atoms with Crippen molar-refractivity contribution in [3.8, 4) is 0 Å². The minimum absolute atomic E-state index is 0.0383. The zero-order chi connectivity index (χ0) is 15.8. The van der Waals surface area contributed by atoms with Crippen molar-refractivity contribution in [2.75, 3.05) is 0 Å². The third kappa shape index (κ3) is 3.83. The fourth-order valence-corrected chi connectivity index (χ4v) is 2.53. The lowest BCUT2D eigenvalue weighted by molar-refractivity contribution is -0.122. The van der Waals surface area contributed by atoms with Crippen LogP contribution in [-0.4, -0.2) is 21.0 Å². The van der Waals surface area contributed by atoms with Crippen molar-refractivity contribution >= 4 is 40.8 Å². The second-order valence-corrected chi connectivity index (χ2v) is 6.71. The van der Waals surface area contributed by atoms with Crippen molar-refractivity contribution in [2.24, 2.45) is 0 Å². The molecule has 0 aliphatic heterocycles. The fraction of sp³-hybridized carbons (Fsp3) is 0.429. The van der Waals surface area contributed by atoms with Gasteiger partial charge in [-0.15, -0.1) is 0 Å². The number of rotatable bonds is 3. The average Bonchev–Trinajstić information content (AvgIpc) is 2.60. The highest BCUT2D eigenvalue weighted by Crippen LogP contribution is 2.23. The largest absolute Gasteiger partial charge is 0.351 e. The lowest BCUT2D eigenvalue weighted by atomic mass is 10.1. The molecule has 0 saturated carbocycles. The molecule has 2 rings (SSSR count). The number of amides is 1. The Morgan fingerprint density at radius 2 is 2.14 bits per heavy atom. The van der Waals surface area contributed by atoms with Crippen LogP contribution >= 0.6 is 23.8 Å². The molecule has 2 N–H and O–H groups in total. The van der Waals surface area contributed by atoms with E-state index < -0.39 is 5.82 Å². The van der Waals surface area contributed by atoms with E-state index in [4.69, 9.17) is 23.8 Å². The number of carbonyl (C=O) groups is 1. The Morgan fingerprint density at radius 3 is 2.76 bits per heavy atom. The number of nitrogens with zero attached hydrogens (tertiary/aromatic N) is 1. The predicted octanol–water partition coefficient (Wildman–Crippen LogP) is 3.80. The molecule has 0 fully saturated rings. The van der Waals surface area contributed by atoms with Gasteiger partial charge in [-0.05, 0) is 39.1 Å². The van der Waals surface area contributed by atoms with Crippen molar-refractivity contribution in [3.05, 3.63) is 27.7 Å². The highest BCUT2D eigenvalue weighted by Gasteiger charge is 2.15. The minimum atomic E-state index is -0.508. The molecule has 0 aliphatic carbocycles. The Labute approximate surface area is 132 Å². The van der Waals surface area contributed by atoms with Crippen LogP contribution in [0.1, 0.15) is 27.2 Å². The summed E-state index contributed by atoms with van der Waals surface area (Å²) in [5.41, 5.74) is 0.978. The van der Waals surface area contributed by atoms with Crippen molar-refractivity contribution in [1.29, 1.82) is 0 Å². The second kappa shape index (κ2) is 5.77. The van der Waals surface area contributed by atoms with E-state index in [0.29, 0.717) is 22.3 Å². The van der Waals surface area contributed by atoms with E-state index in [2.05, 4.69) is 10.3 Å². The summed E-state index contributed by atoms with van der Waals surface area (Å²) in [4.78, 5) is 14.8. The first-order valence-corrected chi connectivity index (χ1v) is 7.34. The highest BCUT2D eigenvalue weighted by atomic mass is 35.5. The van der Waals surface area contributed by atoms with Gasteiger partial charge in [-0.1, -0.05) is 11.6 Å². The van der Waals surface area contributed by atoms with Gasteiger partial charge in [0.15, 0.2) is 4.77 Å². The number of aryl methyl sites for hydroxylation is 1. The Kier molecular flexibility index (Phi) is 4.39. The maximum absolute atomic E-state index is 13.6. The minimum Gasteiger partial charge on any atom is -0.351 e. The quantitative estimate of drug-likeness (QED) is 0.842. The summed E-state index contributed by atoms with van der Waals surface area (Å²) < 4.78 is 15.7. The first-order chi connectivity index (χ1) is 9.67. The van der Waals surface area contributed by atoms with E-state index in [1.54, 1.807) is 4.57 Å². The van der Waals surface area contributed by atoms with Gasteiger partial charge in [0.1, 0.15) is 5.82 Å². The number of H-pyrrole nitrogens is 1. The van der Waals surface area contributed by atoms with E-state index in [0.717, 1.165) is 0 Å². The predicted molar refractivity (Wildman–Crippen MR) is 84.6 cm³/mol. The van der Waals surface area contributed by atoms with E-state index in [9.17, 15) is 9.18 Å². The summed E-state index contributed by atoms with van der Waals surface area (Å²) in [6.07, 6.45) is 0.267. The molecule has 1 heterocycles. The Hall–Kier alpha value is -1.40. The van der Waals surface area contributed by atoms with Gasteiger partial charge in [0.25, 0.3) is 0 Å². The van der Waals surface area contributed by atoms with Crippen LogP contribution in [0.25, 0.3) is 11.0 Å². The molecule has 7 heteroatoms. The lowest BCUT2D eigenvalue weighted by Gasteiger charge is -2.20. The molecule has 0 saturated heterocycles. The second-order valence-electron chi connectivity index (χ2n) is 5.91. The van der Waals surface area contributed by atoms with Crippen LogP contribution in [0.5, 0.6) is 0 Å². The van der Waals surface area contributed by atoms with Crippen LogP contribution in [0.3, 0.4) is 0 Å². The highest BCUT2D eigenvalue weighted by molar-refractivity contribution is 7.71. The third-order valence-electron chi connectivity index (χ3n) is 2.89. The van der Waals surface area contributed by atoms with E-state index in [-0.39, 0.29) is 22.9 Å². The van der Waals surface area contributed by atoms with Crippen LogP contribution in [0.4, 0.5) is 4.39 Å². The van der Waals surface area contributed by atoms with Gasteiger partial charge in [0.2, 0.25) is 5.91 Å². The Bertz CT molecular complexity index is 745. The number of halogens is 2. The van der Waals surface area contributed by atoms with Crippen molar-refractivity contribution in [1.82, 2.24) is 14.9 Å². The summed E-state index contributed by atoms with van der Waals surface area (Å²) in [5, 5.41) is 2.92. The molecule has 1 aromatic carbocycles. The normalized spacial score (nSPS) is 11.9. The zero-order valence-corrected chi connectivity index (χ0v) is 13.7. The van der Waals surface area contributed by atoms with Crippen LogP contribution in [0.2, 0.25) is 5.02 Å². The maximum atomic E-state index is 13.6. The summed E-state index contributed by atoms with van der Waals surface area (Å²) in [7, 11) is 0. The van der Waals surface area contributed by atoms with Crippen LogP contribution < -0.4 is 5.32 Å². The summed E-state index contributed by atoms with van der Waals surface area (Å²) in [5.74, 6) is -0.584. The first-order valence-electron chi connectivity index (χ1n) is 6.56. The van der Waals surface area contributed by atoms with E-state index in [1.165, 1.54) is 12.1 Å². The summed E-state index contributed by atoms with van der Waals surface area (Å²) in [6, 6.07) is 2.82. The van der Waals surface area contributed by atoms with Gasteiger partial charge < -0.3 is 14.9 Å². The lowest BCUT2D eigenvalue weighted by Crippen LogP contribution is -2.40. The number of carbonyl (C=O) groups excluding carboxylic acids is 1. The molecule has 114 valence electrons. The van der Waals surface area contributed by atoms with E-state index >= 15 is 0 Å². The van der Waals surface area contributed by atoms with Gasteiger partial charge in [0.05, 0.1) is 16.1 Å². The molecule has 1 amide bonds. The number of fused-ring (bicyclic) bond motifs is 1. The topological polar surface area (TPSA) is 49.8 Å². The van der Waals surface area contributed by atoms with Crippen molar-refractivity contribution in [3.63, 3.8) is 0 Å². The molecule has 0 spiro atoms. The molecular weight excluding hydrogens is 313 g/mol. The molecule has 0 aliphatic rings. The van der Waals surface area contributed by atoms with Gasteiger partial charge in [-0.25, -0.2) is 4.39 Å². The van der Waals surface area contributed by atoms with Gasteiger partial charge in [-0.2, -0.15) is 0 Å². The SMILES string of the molecule is CC(C)(C)NC(=O)CCn1c(=S)[nH]c2cc(Cl)c(F)cc21. The number of aromatic nitrogens is 2. The Balaban J connectivity index is 2.23. The molecule has 0 atom stereocenters. The summed E-state index contributed by atoms with van der Waals surface area (Å²) in [6.45, 7) is 6.13. The number of aromatic amines is 1. The van der Waals surface area contributed by atoms with Crippen molar-refractivity contribution < 1.29 is 9.18 Å². The maximum Gasteiger partial charge on any atom is 0.222 e. The summed E-state index contributed by atoms with van der Waals surface area (Å²) >= 11 is 11.0. The van der Waals surface area contributed by atoms with Crippen LogP contribution in [-0.2, 0) is 11.3 Å². The number of benzene rings is 1. The van der Waals surface area contributed by atoms with Crippen LogP contribution in [0.15, 0.2) is 12.1 Å². The average molecular weight is 330 g/mol. The molecule has 0 bridgehead atoms. The van der Waals surface area contributed by atoms with Gasteiger partial charge >= 0.3 is 0 Å². The third-order valence-corrected chi connectivity index (χ3v) is 3.51. The number of imidazole rings is 1.